The van der Waals surface area contributed by atoms with Gasteiger partial charge in [-0.3, -0.25) is 19.6 Å². The molecule has 0 saturated carbocycles. The van der Waals surface area contributed by atoms with Gasteiger partial charge >= 0.3 is 0 Å². The first-order valence-corrected chi connectivity index (χ1v) is 9.65. The molecule has 1 heterocycles. The molecule has 158 valence electrons. The number of carbonyl (C=O) groups excluding carboxylic acids is 3. The van der Waals surface area contributed by atoms with Crippen LogP contribution < -0.4 is 15.5 Å². The van der Waals surface area contributed by atoms with E-state index in [-0.39, 0.29) is 11.8 Å². The Labute approximate surface area is 174 Å². The summed E-state index contributed by atoms with van der Waals surface area (Å²) < 4.78 is 5.86. The van der Waals surface area contributed by atoms with Gasteiger partial charge in [-0.1, -0.05) is 18.2 Å². The molecule has 3 N–H and O–H groups in total. The first-order chi connectivity index (χ1) is 14.2. The number of carbonyl (C=O) groups is 3. The summed E-state index contributed by atoms with van der Waals surface area (Å²) in [7, 11) is 0. The predicted molar refractivity (Wildman–Crippen MR) is 110 cm³/mol. The zero-order chi connectivity index (χ0) is 21.9. The summed E-state index contributed by atoms with van der Waals surface area (Å²) in [5, 5.41) is 11.5. The van der Waals surface area contributed by atoms with E-state index in [0.717, 1.165) is 5.56 Å². The largest absolute Gasteiger partial charge is 0.457 e. The van der Waals surface area contributed by atoms with Gasteiger partial charge in [-0.2, -0.15) is 0 Å². The number of anilines is 1. The van der Waals surface area contributed by atoms with Crippen molar-refractivity contribution in [1.29, 1.82) is 0 Å². The van der Waals surface area contributed by atoms with Crippen LogP contribution in [0.25, 0.3) is 0 Å². The second kappa shape index (κ2) is 8.54. The van der Waals surface area contributed by atoms with Crippen LogP contribution in [0.1, 0.15) is 32.8 Å². The van der Waals surface area contributed by atoms with Gasteiger partial charge in [0.2, 0.25) is 11.8 Å². The molecule has 0 spiro atoms. The number of nitrogens with zero attached hydrogens (tertiary/aromatic N) is 1. The molecule has 3 rings (SSSR count). The Balaban J connectivity index is 1.73. The maximum absolute atomic E-state index is 13.0. The number of nitrogens with one attached hydrogen (secondary N) is 2. The second-order valence-corrected chi connectivity index (χ2v) is 7.57. The fourth-order valence-electron chi connectivity index (χ4n) is 3.61. The van der Waals surface area contributed by atoms with Crippen LogP contribution in [0.2, 0.25) is 0 Å². The van der Waals surface area contributed by atoms with Gasteiger partial charge in [-0.25, -0.2) is 5.48 Å². The Hall–Kier alpha value is -3.39. The topological polar surface area (TPSA) is 108 Å². The van der Waals surface area contributed by atoms with E-state index in [9.17, 15) is 14.4 Å². The molecule has 0 aromatic heterocycles. The van der Waals surface area contributed by atoms with Crippen LogP contribution >= 0.6 is 0 Å². The molecule has 2 unspecified atom stereocenters. The highest BCUT2D eigenvalue weighted by molar-refractivity contribution is 5.94. The average Bonchev–Trinajstić information content (AvgIpc) is 3.03. The summed E-state index contributed by atoms with van der Waals surface area (Å²) >= 11 is 0. The molecule has 2 aromatic carbocycles. The fraction of sp³-hybridized carbons (Fsp3) is 0.318. The summed E-state index contributed by atoms with van der Waals surface area (Å²) in [6.07, 6.45) is 0.563. The Morgan fingerprint density at radius 3 is 2.50 bits per heavy atom. The molecule has 8 nitrogen and oxygen atoms in total. The third kappa shape index (κ3) is 4.28. The van der Waals surface area contributed by atoms with E-state index in [2.05, 4.69) is 5.32 Å². The van der Waals surface area contributed by atoms with Gasteiger partial charge in [0.15, 0.2) is 0 Å². The Morgan fingerprint density at radius 2 is 1.87 bits per heavy atom. The highest BCUT2D eigenvalue weighted by atomic mass is 16.5. The molecule has 1 aliphatic heterocycles. The second-order valence-electron chi connectivity index (χ2n) is 7.57. The number of rotatable bonds is 6. The Bertz CT molecular complexity index is 960. The first-order valence-electron chi connectivity index (χ1n) is 9.65. The summed E-state index contributed by atoms with van der Waals surface area (Å²) in [6, 6.07) is 13.6. The van der Waals surface area contributed by atoms with Gasteiger partial charge in [0.05, 0.1) is 5.41 Å². The molecular weight excluding hydrogens is 386 g/mol. The van der Waals surface area contributed by atoms with Crippen molar-refractivity contribution >= 4 is 23.4 Å². The number of amides is 3. The minimum atomic E-state index is -0.756. The lowest BCUT2D eigenvalue weighted by Crippen LogP contribution is -2.47. The number of hydrogen-bond acceptors (Lipinski definition) is 5. The lowest BCUT2D eigenvalue weighted by Gasteiger charge is -2.27. The normalized spacial score (nSPS) is 19.3. The summed E-state index contributed by atoms with van der Waals surface area (Å²) in [4.78, 5) is 37.4. The molecule has 30 heavy (non-hydrogen) atoms. The van der Waals surface area contributed by atoms with E-state index in [1.165, 1.54) is 11.8 Å². The molecule has 1 fully saturated rings. The number of likely N-dealkylation sites (tertiary alicyclic amines) is 1. The maximum atomic E-state index is 13.0. The minimum Gasteiger partial charge on any atom is -0.457 e. The van der Waals surface area contributed by atoms with Crippen molar-refractivity contribution in [3.63, 3.8) is 0 Å². The van der Waals surface area contributed by atoms with E-state index in [1.54, 1.807) is 48.8 Å². The van der Waals surface area contributed by atoms with Gasteiger partial charge in [0.25, 0.3) is 5.91 Å². The zero-order valence-electron chi connectivity index (χ0n) is 17.1. The van der Waals surface area contributed by atoms with Crippen molar-refractivity contribution in [1.82, 2.24) is 10.4 Å². The van der Waals surface area contributed by atoms with Gasteiger partial charge in [-0.15, -0.1) is 0 Å². The quantitative estimate of drug-likeness (QED) is 0.500. The van der Waals surface area contributed by atoms with Crippen molar-refractivity contribution in [2.75, 3.05) is 11.9 Å². The maximum Gasteiger partial charge on any atom is 0.265 e. The lowest BCUT2D eigenvalue weighted by atomic mass is 9.81. The van der Waals surface area contributed by atoms with E-state index in [0.29, 0.717) is 30.2 Å². The van der Waals surface area contributed by atoms with Gasteiger partial charge < -0.3 is 15.0 Å². The van der Waals surface area contributed by atoms with Crippen LogP contribution in [0, 0.1) is 0 Å². The molecule has 3 amide bonds. The van der Waals surface area contributed by atoms with Gasteiger partial charge in [-0.05, 0) is 50.1 Å². The van der Waals surface area contributed by atoms with Gasteiger partial charge in [0.1, 0.15) is 17.5 Å². The third-order valence-corrected chi connectivity index (χ3v) is 5.42. The first kappa shape index (κ1) is 21.3. The molecule has 1 aliphatic rings. The molecule has 0 bridgehead atoms. The molecule has 8 heteroatoms. The van der Waals surface area contributed by atoms with Gasteiger partial charge in [0, 0.05) is 25.2 Å². The van der Waals surface area contributed by atoms with Crippen LogP contribution in [-0.4, -0.2) is 40.4 Å². The third-order valence-electron chi connectivity index (χ3n) is 5.42. The highest BCUT2D eigenvalue weighted by Gasteiger charge is 2.46. The van der Waals surface area contributed by atoms with E-state index in [1.807, 2.05) is 19.1 Å². The van der Waals surface area contributed by atoms with Crippen molar-refractivity contribution in [2.45, 2.75) is 38.6 Å². The SMILES string of the molecule is CC(=O)Nc1cccc(Oc2ccc(C3(C)CCN(C(C)C(=O)NO)C3=O)cc2)c1. The van der Waals surface area contributed by atoms with Crippen LogP contribution in [0.15, 0.2) is 48.5 Å². The number of hydroxylamine groups is 1. The molecule has 0 radical (unpaired) electrons. The predicted octanol–water partition coefficient (Wildman–Crippen LogP) is 2.82. The Morgan fingerprint density at radius 1 is 1.17 bits per heavy atom. The molecule has 2 aromatic rings. The van der Waals surface area contributed by atoms with E-state index in [4.69, 9.17) is 9.94 Å². The van der Waals surface area contributed by atoms with Crippen LogP contribution in [0.4, 0.5) is 5.69 Å². The average molecular weight is 411 g/mol. The van der Waals surface area contributed by atoms with Crippen molar-refractivity contribution in [2.24, 2.45) is 0 Å². The van der Waals surface area contributed by atoms with Crippen LogP contribution in [0.5, 0.6) is 11.5 Å². The highest BCUT2D eigenvalue weighted by Crippen LogP contribution is 2.37. The summed E-state index contributed by atoms with van der Waals surface area (Å²) in [5.74, 6) is 0.240. The zero-order valence-corrected chi connectivity index (χ0v) is 17.1. The number of hydrogen-bond donors (Lipinski definition) is 3. The van der Waals surface area contributed by atoms with Crippen molar-refractivity contribution in [3.05, 3.63) is 54.1 Å². The molecular formula is C22H25N3O5. The molecule has 0 aliphatic carbocycles. The van der Waals surface area contributed by atoms with E-state index < -0.39 is 17.4 Å². The van der Waals surface area contributed by atoms with Crippen LogP contribution in [0.3, 0.4) is 0 Å². The summed E-state index contributed by atoms with van der Waals surface area (Å²) in [5.41, 5.74) is 2.31. The number of ether oxygens (including phenoxy) is 1. The Kier molecular flexibility index (Phi) is 6.07. The molecule has 1 saturated heterocycles. The van der Waals surface area contributed by atoms with Crippen molar-refractivity contribution < 1.29 is 24.3 Å². The summed E-state index contributed by atoms with van der Waals surface area (Å²) in [6.45, 7) is 5.31. The molecule has 2 atom stereocenters. The number of benzene rings is 2. The minimum absolute atomic E-state index is 0.157. The smallest absolute Gasteiger partial charge is 0.265 e. The standard InChI is InChI=1S/C22H25N3O5/c1-14(20(27)24-29)25-12-11-22(3,21(25)28)16-7-9-18(10-8-16)30-19-6-4-5-17(13-19)23-15(2)26/h4-10,13-14,29H,11-12H2,1-3H3,(H,23,26)(H,24,27). The van der Waals surface area contributed by atoms with E-state index >= 15 is 0 Å². The fourth-order valence-corrected chi connectivity index (χ4v) is 3.61. The monoisotopic (exact) mass is 411 g/mol. The lowest BCUT2D eigenvalue weighted by molar-refractivity contribution is -0.143. The van der Waals surface area contributed by atoms with Crippen molar-refractivity contribution in [3.8, 4) is 11.5 Å². The van der Waals surface area contributed by atoms with Crippen LogP contribution in [-0.2, 0) is 19.8 Å².